The number of hydroxylamine groups is 2. The molecule has 0 fully saturated rings. The van der Waals surface area contributed by atoms with Crippen LogP contribution in [-0.2, 0) is 9.53 Å². The number of hydrogen-bond acceptors (Lipinski definition) is 6. The van der Waals surface area contributed by atoms with Crippen LogP contribution in [0.25, 0.3) is 0 Å². The summed E-state index contributed by atoms with van der Waals surface area (Å²) < 4.78 is 4.92. The number of hydrogen-bond donors (Lipinski definition) is 3. The first-order valence-electron chi connectivity index (χ1n) is 6.67. The topological polar surface area (TPSA) is 89.3 Å². The van der Waals surface area contributed by atoms with Gasteiger partial charge in [-0.2, -0.15) is 5.23 Å². The number of hydrazine groups is 1. The van der Waals surface area contributed by atoms with Crippen molar-refractivity contribution < 1.29 is 20.0 Å². The highest BCUT2D eigenvalue weighted by Gasteiger charge is 2.34. The molecule has 0 spiro atoms. The second kappa shape index (κ2) is 6.85. The molecule has 20 heavy (non-hydrogen) atoms. The summed E-state index contributed by atoms with van der Waals surface area (Å²) in [5.41, 5.74) is 4.23. The lowest BCUT2D eigenvalue weighted by Crippen LogP contribution is -3.03. The average molecular weight is 285 g/mol. The van der Waals surface area contributed by atoms with Crippen molar-refractivity contribution in [1.29, 1.82) is 0 Å². The Bertz CT molecular complexity index is 429. The van der Waals surface area contributed by atoms with Crippen LogP contribution < -0.4 is 10.7 Å². The molecule has 0 saturated carbocycles. The number of nitrogens with one attached hydrogen (secondary N) is 2. The van der Waals surface area contributed by atoms with Crippen molar-refractivity contribution in [3.63, 3.8) is 0 Å². The molecule has 0 aliphatic carbocycles. The monoisotopic (exact) mass is 285 g/mol. The first kappa shape index (κ1) is 16.6. The molecule has 7 nitrogen and oxygen atoms in total. The first-order valence-corrected chi connectivity index (χ1v) is 6.67. The highest BCUT2D eigenvalue weighted by atomic mass is 16.8. The molecule has 0 amide bonds. The van der Waals surface area contributed by atoms with Gasteiger partial charge in [0.05, 0.1) is 6.61 Å². The molecule has 2 atom stereocenters. The third-order valence-corrected chi connectivity index (χ3v) is 3.00. The number of ether oxygens (including phenoxy) is 1. The summed E-state index contributed by atoms with van der Waals surface area (Å²) in [4.78, 5) is 11.7. The zero-order chi connectivity index (χ0) is 15.4. The SMILES string of the molecule is CCOC(=O)/C(C)=C/C1=C([NH+]([O-])O)C(C)NN1C(C)C. The van der Waals surface area contributed by atoms with Gasteiger partial charge in [0.15, 0.2) is 5.70 Å². The van der Waals surface area contributed by atoms with Crippen LogP contribution in [0.3, 0.4) is 0 Å². The lowest BCUT2D eigenvalue weighted by Gasteiger charge is -2.25. The van der Waals surface area contributed by atoms with Gasteiger partial charge in [-0.15, -0.1) is 0 Å². The van der Waals surface area contributed by atoms with E-state index in [2.05, 4.69) is 5.43 Å². The minimum Gasteiger partial charge on any atom is -0.595 e. The van der Waals surface area contributed by atoms with E-state index in [1.165, 1.54) is 0 Å². The fourth-order valence-corrected chi connectivity index (χ4v) is 2.07. The Morgan fingerprint density at radius 2 is 2.25 bits per heavy atom. The maximum atomic E-state index is 11.7. The van der Waals surface area contributed by atoms with Gasteiger partial charge in [0.25, 0.3) is 0 Å². The van der Waals surface area contributed by atoms with Crippen molar-refractivity contribution in [2.75, 3.05) is 6.61 Å². The number of carbonyl (C=O) groups excluding carboxylic acids is 1. The number of allylic oxidation sites excluding steroid dienone is 1. The molecule has 7 heteroatoms. The van der Waals surface area contributed by atoms with Gasteiger partial charge in [0.1, 0.15) is 11.7 Å². The fourth-order valence-electron chi connectivity index (χ4n) is 2.07. The van der Waals surface area contributed by atoms with Crippen LogP contribution in [0.1, 0.15) is 34.6 Å². The van der Waals surface area contributed by atoms with Crippen LogP contribution in [0.2, 0.25) is 0 Å². The molecule has 0 bridgehead atoms. The van der Waals surface area contributed by atoms with E-state index in [9.17, 15) is 15.2 Å². The lowest BCUT2D eigenvalue weighted by molar-refractivity contribution is -1.02. The zero-order valence-electron chi connectivity index (χ0n) is 12.6. The molecule has 0 radical (unpaired) electrons. The number of nitrogens with zero attached hydrogens (tertiary/aromatic N) is 1. The van der Waals surface area contributed by atoms with Crippen LogP contribution in [0.15, 0.2) is 23.0 Å². The number of rotatable bonds is 5. The van der Waals surface area contributed by atoms with Gasteiger partial charge in [-0.1, -0.05) is 0 Å². The van der Waals surface area contributed by atoms with Crippen molar-refractivity contribution in [2.45, 2.75) is 46.7 Å². The highest BCUT2D eigenvalue weighted by molar-refractivity contribution is 5.88. The standard InChI is InChI=1S/C13H23N3O4/c1-6-20-13(17)9(4)7-11-12(16(18)19)10(5)14-15(11)8(2)3/h7-8,10,14,16,18H,6H2,1-5H3/b9-7+. The van der Waals surface area contributed by atoms with Crippen LogP contribution in [-0.4, -0.2) is 34.9 Å². The summed E-state index contributed by atoms with van der Waals surface area (Å²) in [7, 11) is 0. The number of esters is 1. The molecule has 1 rings (SSSR count). The predicted octanol–water partition coefficient (Wildman–Crippen LogP) is 0.0964. The molecule has 114 valence electrons. The largest absolute Gasteiger partial charge is 0.595 e. The van der Waals surface area contributed by atoms with E-state index in [-0.39, 0.29) is 24.4 Å². The van der Waals surface area contributed by atoms with E-state index in [1.807, 2.05) is 13.8 Å². The summed E-state index contributed by atoms with van der Waals surface area (Å²) in [6, 6.07) is -0.244. The van der Waals surface area contributed by atoms with E-state index in [0.29, 0.717) is 11.3 Å². The molecular formula is C13H23N3O4. The molecule has 3 N–H and O–H groups in total. The van der Waals surface area contributed by atoms with Crippen LogP contribution >= 0.6 is 0 Å². The minimum absolute atomic E-state index is 0.0653. The van der Waals surface area contributed by atoms with Gasteiger partial charge in [-0.05, 0) is 40.7 Å². The fraction of sp³-hybridized carbons (Fsp3) is 0.615. The van der Waals surface area contributed by atoms with Gasteiger partial charge < -0.3 is 9.94 Å². The Balaban J connectivity index is 3.18. The van der Waals surface area contributed by atoms with E-state index < -0.39 is 11.2 Å². The van der Waals surface area contributed by atoms with Gasteiger partial charge in [-0.3, -0.25) is 5.01 Å². The Morgan fingerprint density at radius 3 is 2.70 bits per heavy atom. The molecule has 0 aromatic rings. The maximum absolute atomic E-state index is 11.7. The molecule has 0 aromatic carbocycles. The summed E-state index contributed by atoms with van der Waals surface area (Å²) in [5.74, 6) is -0.437. The van der Waals surface area contributed by atoms with Crippen molar-refractivity contribution >= 4 is 5.97 Å². The third kappa shape index (κ3) is 3.57. The molecule has 0 saturated heterocycles. The van der Waals surface area contributed by atoms with Gasteiger partial charge in [-0.25, -0.2) is 15.4 Å². The van der Waals surface area contributed by atoms with Crippen LogP contribution in [0.4, 0.5) is 0 Å². The quantitative estimate of drug-likeness (QED) is 0.377. The van der Waals surface area contributed by atoms with E-state index >= 15 is 0 Å². The first-order chi connectivity index (χ1) is 9.29. The second-order valence-corrected chi connectivity index (χ2v) is 4.97. The molecule has 1 heterocycles. The molecular weight excluding hydrogens is 262 g/mol. The Morgan fingerprint density at radius 1 is 1.65 bits per heavy atom. The molecule has 2 unspecified atom stereocenters. The molecule has 1 aliphatic heterocycles. The lowest BCUT2D eigenvalue weighted by atomic mass is 10.1. The van der Waals surface area contributed by atoms with Crippen LogP contribution in [0, 0.1) is 5.21 Å². The highest BCUT2D eigenvalue weighted by Crippen LogP contribution is 2.21. The molecule has 0 aromatic heterocycles. The van der Waals surface area contributed by atoms with E-state index in [1.54, 1.807) is 31.9 Å². The second-order valence-electron chi connectivity index (χ2n) is 4.97. The maximum Gasteiger partial charge on any atom is 0.333 e. The zero-order valence-corrected chi connectivity index (χ0v) is 12.6. The Hall–Kier alpha value is -1.41. The predicted molar refractivity (Wildman–Crippen MR) is 73.1 cm³/mol. The van der Waals surface area contributed by atoms with Crippen molar-refractivity contribution in [2.24, 2.45) is 0 Å². The van der Waals surface area contributed by atoms with Gasteiger partial charge in [0, 0.05) is 11.6 Å². The Labute approximate surface area is 119 Å². The van der Waals surface area contributed by atoms with E-state index in [0.717, 1.165) is 0 Å². The summed E-state index contributed by atoms with van der Waals surface area (Å²) >= 11 is 0. The van der Waals surface area contributed by atoms with E-state index in [4.69, 9.17) is 4.74 Å². The van der Waals surface area contributed by atoms with Crippen molar-refractivity contribution in [1.82, 2.24) is 10.4 Å². The summed E-state index contributed by atoms with van der Waals surface area (Å²) in [6.45, 7) is 9.30. The van der Waals surface area contributed by atoms with Crippen LogP contribution in [0.5, 0.6) is 0 Å². The van der Waals surface area contributed by atoms with Gasteiger partial charge >= 0.3 is 5.97 Å². The molecule has 1 aliphatic rings. The Kier molecular flexibility index (Phi) is 5.70. The number of carbonyl (C=O) groups is 1. The minimum atomic E-state index is -0.990. The average Bonchev–Trinajstić information content (AvgIpc) is 2.66. The van der Waals surface area contributed by atoms with Crippen molar-refractivity contribution in [3.8, 4) is 0 Å². The summed E-state index contributed by atoms with van der Waals surface area (Å²) in [5, 5.41) is 21.5. The van der Waals surface area contributed by atoms with Gasteiger partial charge in [0.2, 0.25) is 0 Å². The third-order valence-electron chi connectivity index (χ3n) is 3.00. The summed E-state index contributed by atoms with van der Waals surface area (Å²) in [6.07, 6.45) is 1.57. The smallest absolute Gasteiger partial charge is 0.333 e. The van der Waals surface area contributed by atoms with Crippen molar-refractivity contribution in [3.05, 3.63) is 28.3 Å². The normalized spacial score (nSPS) is 21.7. The number of quaternary nitrogens is 1.